The molecule has 2 aromatic rings. The van der Waals surface area contributed by atoms with E-state index in [-0.39, 0.29) is 11.3 Å². The van der Waals surface area contributed by atoms with Crippen LogP contribution in [0.1, 0.15) is 36.0 Å². The first kappa shape index (κ1) is 18.5. The molecule has 0 fully saturated rings. The van der Waals surface area contributed by atoms with Gasteiger partial charge in [-0.2, -0.15) is 12.6 Å². The van der Waals surface area contributed by atoms with E-state index in [2.05, 4.69) is 22.9 Å². The van der Waals surface area contributed by atoms with Gasteiger partial charge in [-0.1, -0.05) is 0 Å². The number of nitrogens with zero attached hydrogens (tertiary/aromatic N) is 1. The van der Waals surface area contributed by atoms with Crippen LogP contribution in [0.5, 0.6) is 0 Å². The molecule has 0 radical (unpaired) electrons. The van der Waals surface area contributed by atoms with Gasteiger partial charge in [0.25, 0.3) is 5.91 Å². The monoisotopic (exact) mass is 364 g/mol. The van der Waals surface area contributed by atoms with Crippen LogP contribution in [0.2, 0.25) is 0 Å². The Bertz CT molecular complexity index is 791. The number of thiophene rings is 1. The number of nitrogens with one attached hydrogen (secondary N) is 1. The molecule has 1 atom stereocenters. The summed E-state index contributed by atoms with van der Waals surface area (Å²) in [6.45, 7) is 6.08. The fourth-order valence-electron chi connectivity index (χ4n) is 1.95. The maximum Gasteiger partial charge on any atom is 0.327 e. The number of carbonyl (C=O) groups is 2. The maximum absolute atomic E-state index is 12.2. The van der Waals surface area contributed by atoms with Gasteiger partial charge in [-0.3, -0.25) is 9.79 Å². The van der Waals surface area contributed by atoms with Crippen molar-refractivity contribution < 1.29 is 14.7 Å². The van der Waals surface area contributed by atoms with E-state index in [1.54, 1.807) is 23.5 Å². The second kappa shape index (κ2) is 7.36. The molecule has 0 spiro atoms. The number of carbonyl (C=O) groups excluding carboxylic acids is 1. The molecule has 1 heterocycles. The predicted octanol–water partition coefficient (Wildman–Crippen LogP) is 3.23. The van der Waals surface area contributed by atoms with Gasteiger partial charge in [-0.15, -0.1) is 11.3 Å². The van der Waals surface area contributed by atoms with Gasteiger partial charge in [0.2, 0.25) is 0 Å². The Labute approximate surface area is 150 Å². The summed E-state index contributed by atoms with van der Waals surface area (Å²) in [7, 11) is 0. The average molecular weight is 364 g/mol. The third kappa shape index (κ3) is 4.82. The van der Waals surface area contributed by atoms with Gasteiger partial charge in [0.05, 0.1) is 5.54 Å². The van der Waals surface area contributed by atoms with Crippen molar-refractivity contribution in [2.75, 3.05) is 5.75 Å². The SMILES string of the molecule is CC(C)(C)N=Cc1cc2cc(C(=O)NC(CS)C(=O)O)ccc2s1. The topological polar surface area (TPSA) is 78.8 Å². The van der Waals surface area contributed by atoms with Gasteiger partial charge in [0.1, 0.15) is 6.04 Å². The Morgan fingerprint density at radius 3 is 2.67 bits per heavy atom. The highest BCUT2D eigenvalue weighted by molar-refractivity contribution is 7.80. The van der Waals surface area contributed by atoms with Crippen LogP contribution in [0.25, 0.3) is 10.1 Å². The summed E-state index contributed by atoms with van der Waals surface area (Å²) in [6.07, 6.45) is 1.84. The molecule has 24 heavy (non-hydrogen) atoms. The number of carboxylic acid groups (broad SMARTS) is 1. The highest BCUT2D eigenvalue weighted by atomic mass is 32.1. The van der Waals surface area contributed by atoms with Crippen molar-refractivity contribution >= 4 is 52.1 Å². The molecular weight excluding hydrogens is 344 g/mol. The lowest BCUT2D eigenvalue weighted by Crippen LogP contribution is -2.42. The zero-order valence-corrected chi connectivity index (χ0v) is 15.4. The molecule has 2 rings (SSSR count). The summed E-state index contributed by atoms with van der Waals surface area (Å²) in [5.41, 5.74) is 0.285. The van der Waals surface area contributed by atoms with Gasteiger partial charge in [0, 0.05) is 27.1 Å². The second-order valence-corrected chi connectivity index (χ2v) is 7.86. The molecule has 5 nitrogen and oxygen atoms in total. The van der Waals surface area contributed by atoms with E-state index in [0.29, 0.717) is 5.56 Å². The van der Waals surface area contributed by atoms with Gasteiger partial charge in [-0.25, -0.2) is 4.79 Å². The predicted molar refractivity (Wildman–Crippen MR) is 102 cm³/mol. The summed E-state index contributed by atoms with van der Waals surface area (Å²) in [6, 6.07) is 6.27. The number of rotatable bonds is 5. The second-order valence-electron chi connectivity index (χ2n) is 6.38. The number of amides is 1. The molecule has 0 bridgehead atoms. The number of fused-ring (bicyclic) bond motifs is 1. The van der Waals surface area contributed by atoms with Crippen molar-refractivity contribution in [1.29, 1.82) is 0 Å². The van der Waals surface area contributed by atoms with Crippen LogP contribution < -0.4 is 5.32 Å². The van der Waals surface area contributed by atoms with Crippen molar-refractivity contribution in [3.63, 3.8) is 0 Å². The molecule has 7 heteroatoms. The normalized spacial score (nSPS) is 13.3. The Morgan fingerprint density at radius 1 is 1.38 bits per heavy atom. The van der Waals surface area contributed by atoms with Crippen LogP contribution >= 0.6 is 24.0 Å². The summed E-state index contributed by atoms with van der Waals surface area (Å²) in [4.78, 5) is 28.7. The molecule has 0 aliphatic rings. The third-order valence-corrected chi connectivity index (χ3v) is 4.58. The number of hydrogen-bond acceptors (Lipinski definition) is 5. The molecule has 0 aliphatic carbocycles. The summed E-state index contributed by atoms with van der Waals surface area (Å²) >= 11 is 5.54. The van der Waals surface area contributed by atoms with E-state index in [9.17, 15) is 9.59 Å². The first-order valence-corrected chi connectivity index (χ1v) is 8.88. The summed E-state index contributed by atoms with van der Waals surface area (Å²) in [5.74, 6) is -1.49. The van der Waals surface area contributed by atoms with Crippen LogP contribution in [-0.4, -0.2) is 40.5 Å². The highest BCUT2D eigenvalue weighted by Crippen LogP contribution is 2.26. The number of benzene rings is 1. The molecule has 2 N–H and O–H groups in total. The van der Waals surface area contributed by atoms with Gasteiger partial charge in [0.15, 0.2) is 0 Å². The molecular formula is C17H20N2O3S2. The van der Waals surface area contributed by atoms with E-state index >= 15 is 0 Å². The molecule has 1 amide bonds. The minimum Gasteiger partial charge on any atom is -0.480 e. The fraction of sp³-hybridized carbons (Fsp3) is 0.353. The number of carboxylic acids is 1. The van der Waals surface area contributed by atoms with Crippen molar-refractivity contribution in [3.8, 4) is 0 Å². The Morgan fingerprint density at radius 2 is 2.08 bits per heavy atom. The van der Waals surface area contributed by atoms with Crippen molar-refractivity contribution in [1.82, 2.24) is 5.32 Å². The van der Waals surface area contributed by atoms with Crippen molar-refractivity contribution in [3.05, 3.63) is 34.7 Å². The van der Waals surface area contributed by atoms with E-state index in [1.807, 2.05) is 39.1 Å². The van der Waals surface area contributed by atoms with Crippen LogP contribution in [0.15, 0.2) is 29.3 Å². The minimum absolute atomic E-state index is 0.0369. The maximum atomic E-state index is 12.2. The van der Waals surface area contributed by atoms with Crippen molar-refractivity contribution in [2.24, 2.45) is 4.99 Å². The molecule has 1 aromatic carbocycles. The number of aliphatic imine (C=N–C) groups is 1. The van der Waals surface area contributed by atoms with Crippen molar-refractivity contribution in [2.45, 2.75) is 32.4 Å². The van der Waals surface area contributed by atoms with Gasteiger partial charge < -0.3 is 10.4 Å². The van der Waals surface area contributed by atoms with E-state index in [1.165, 1.54) is 0 Å². The Balaban J connectivity index is 2.23. The molecule has 1 unspecified atom stereocenters. The van der Waals surface area contributed by atoms with Crippen LogP contribution in [0.4, 0.5) is 0 Å². The quantitative estimate of drug-likeness (QED) is 0.563. The van der Waals surface area contributed by atoms with E-state index in [4.69, 9.17) is 5.11 Å². The molecule has 128 valence electrons. The third-order valence-electron chi connectivity index (χ3n) is 3.16. The molecule has 0 saturated heterocycles. The average Bonchev–Trinajstić information content (AvgIpc) is 2.91. The Kier molecular flexibility index (Phi) is 5.66. The fourth-order valence-corrected chi connectivity index (χ4v) is 3.12. The molecule has 1 aromatic heterocycles. The van der Waals surface area contributed by atoms with E-state index in [0.717, 1.165) is 15.0 Å². The number of aliphatic carboxylic acids is 1. The lowest BCUT2D eigenvalue weighted by Gasteiger charge is -2.11. The zero-order chi connectivity index (χ0) is 17.9. The van der Waals surface area contributed by atoms with Crippen LogP contribution in [-0.2, 0) is 4.79 Å². The summed E-state index contributed by atoms with van der Waals surface area (Å²) in [5, 5.41) is 12.4. The van der Waals surface area contributed by atoms with E-state index < -0.39 is 17.9 Å². The molecule has 0 saturated carbocycles. The standard InChI is InChI=1S/C17H20N2O3S2/c1-17(2,3)18-8-12-7-11-6-10(4-5-14(11)24-12)15(20)19-13(9-23)16(21)22/h4-8,13,23H,9H2,1-3H3,(H,19,20)(H,21,22). The van der Waals surface area contributed by atoms with Crippen LogP contribution in [0.3, 0.4) is 0 Å². The first-order chi connectivity index (χ1) is 11.2. The van der Waals surface area contributed by atoms with Gasteiger partial charge >= 0.3 is 5.97 Å². The summed E-state index contributed by atoms with van der Waals surface area (Å²) < 4.78 is 1.05. The van der Waals surface area contributed by atoms with Crippen LogP contribution in [0, 0.1) is 0 Å². The lowest BCUT2D eigenvalue weighted by atomic mass is 10.1. The highest BCUT2D eigenvalue weighted by Gasteiger charge is 2.19. The smallest absolute Gasteiger partial charge is 0.327 e. The largest absolute Gasteiger partial charge is 0.480 e. The molecule has 0 aliphatic heterocycles. The lowest BCUT2D eigenvalue weighted by molar-refractivity contribution is -0.138. The van der Waals surface area contributed by atoms with Gasteiger partial charge in [-0.05, 0) is 50.4 Å². The first-order valence-electron chi connectivity index (χ1n) is 7.43. The number of thiol groups is 1. The zero-order valence-electron chi connectivity index (χ0n) is 13.7. The Hall–Kier alpha value is -1.86. The minimum atomic E-state index is -1.10. The number of hydrogen-bond donors (Lipinski definition) is 3.